The molecule has 1 aromatic heterocycles. The van der Waals surface area contributed by atoms with Crippen molar-refractivity contribution in [1.29, 1.82) is 0 Å². The Morgan fingerprint density at radius 2 is 2.27 bits per heavy atom. The molecule has 15 heavy (non-hydrogen) atoms. The van der Waals surface area contributed by atoms with Crippen LogP contribution in [0.5, 0.6) is 0 Å². The molecule has 2 atom stereocenters. The van der Waals surface area contributed by atoms with Crippen molar-refractivity contribution >= 4 is 5.97 Å². The van der Waals surface area contributed by atoms with Gasteiger partial charge in [-0.15, -0.1) is 0 Å². The fourth-order valence-electron chi connectivity index (χ4n) is 2.87. The zero-order chi connectivity index (χ0) is 10.6. The van der Waals surface area contributed by atoms with E-state index in [1.807, 2.05) is 0 Å². The van der Waals surface area contributed by atoms with Gasteiger partial charge in [-0.3, -0.25) is 4.79 Å². The summed E-state index contributed by atoms with van der Waals surface area (Å²) in [6.07, 6.45) is 4.18. The fraction of sp³-hybridized carbons (Fsp3) is 0.636. The molecule has 1 aromatic rings. The summed E-state index contributed by atoms with van der Waals surface area (Å²) >= 11 is 0. The number of nitrogens with zero attached hydrogens (tertiary/aromatic N) is 1. The number of fused-ring (bicyclic) bond motifs is 1. The summed E-state index contributed by atoms with van der Waals surface area (Å²) in [6.45, 7) is 1.74. The van der Waals surface area contributed by atoms with Crippen LogP contribution in [0.15, 0.2) is 10.7 Å². The van der Waals surface area contributed by atoms with Gasteiger partial charge in [-0.05, 0) is 31.1 Å². The van der Waals surface area contributed by atoms with Crippen LogP contribution in [0.1, 0.15) is 30.8 Å². The smallest absolute Gasteiger partial charge is 0.315 e. The van der Waals surface area contributed by atoms with Crippen LogP contribution in [0.3, 0.4) is 0 Å². The largest absolute Gasteiger partial charge is 0.481 e. The van der Waals surface area contributed by atoms with Gasteiger partial charge in [-0.25, -0.2) is 4.98 Å². The summed E-state index contributed by atoms with van der Waals surface area (Å²) in [5, 5.41) is 9.38. The molecule has 1 heterocycles. The van der Waals surface area contributed by atoms with E-state index in [0.717, 1.165) is 12.8 Å². The molecule has 0 radical (unpaired) electrons. The van der Waals surface area contributed by atoms with Crippen LogP contribution in [-0.4, -0.2) is 16.1 Å². The highest BCUT2D eigenvalue weighted by Gasteiger charge is 2.59. The first-order chi connectivity index (χ1) is 7.12. The minimum Gasteiger partial charge on any atom is -0.481 e. The number of hydrogen-bond donors (Lipinski definition) is 1. The van der Waals surface area contributed by atoms with Gasteiger partial charge in [0, 0.05) is 6.92 Å². The number of rotatable bonds is 2. The molecule has 0 saturated heterocycles. The average molecular weight is 207 g/mol. The Kier molecular flexibility index (Phi) is 1.56. The predicted octanol–water partition coefficient (Wildman–Crippen LogP) is 1.74. The van der Waals surface area contributed by atoms with Crippen molar-refractivity contribution in [1.82, 2.24) is 4.98 Å². The Balaban J connectivity index is 2.01. The lowest BCUT2D eigenvalue weighted by molar-refractivity contribution is -0.144. The molecule has 0 spiro atoms. The first-order valence-corrected chi connectivity index (χ1v) is 5.28. The summed E-state index contributed by atoms with van der Waals surface area (Å²) in [5.74, 6) is 1.02. The second-order valence-corrected chi connectivity index (χ2v) is 4.80. The summed E-state index contributed by atoms with van der Waals surface area (Å²) in [5.41, 5.74) is -0.148. The van der Waals surface area contributed by atoms with Crippen LogP contribution >= 0.6 is 0 Å². The maximum absolute atomic E-state index is 11.4. The molecular formula is C11H13NO3. The van der Waals surface area contributed by atoms with Gasteiger partial charge >= 0.3 is 5.97 Å². The van der Waals surface area contributed by atoms with Gasteiger partial charge < -0.3 is 9.52 Å². The van der Waals surface area contributed by atoms with Crippen molar-refractivity contribution in [3.63, 3.8) is 0 Å². The second kappa shape index (κ2) is 2.62. The number of carbonyl (C=O) groups is 1. The van der Waals surface area contributed by atoms with E-state index in [1.165, 1.54) is 12.7 Å². The molecule has 0 amide bonds. The fourth-order valence-corrected chi connectivity index (χ4v) is 2.87. The normalized spacial score (nSPS) is 37.7. The molecule has 0 aliphatic heterocycles. The predicted molar refractivity (Wildman–Crippen MR) is 51.4 cm³/mol. The monoisotopic (exact) mass is 207 g/mol. The number of carboxylic acid groups (broad SMARTS) is 1. The van der Waals surface area contributed by atoms with E-state index in [2.05, 4.69) is 4.98 Å². The van der Waals surface area contributed by atoms with E-state index in [-0.39, 0.29) is 0 Å². The number of oxazole rings is 1. The molecule has 2 aliphatic carbocycles. The Bertz CT molecular complexity index is 413. The molecule has 0 bridgehead atoms. The highest BCUT2D eigenvalue weighted by molar-refractivity contribution is 5.81. The average Bonchev–Trinajstić information content (AvgIpc) is 2.65. The molecule has 2 saturated carbocycles. The summed E-state index contributed by atoms with van der Waals surface area (Å²) in [4.78, 5) is 15.6. The highest BCUT2D eigenvalue weighted by atomic mass is 16.4. The van der Waals surface area contributed by atoms with E-state index in [9.17, 15) is 9.90 Å². The maximum Gasteiger partial charge on any atom is 0.315 e. The standard InChI is InChI=1S/C11H13NO3/c1-6-12-9(5-15-6)11(10(13)14)3-7-2-8(7)4-11/h5,7-8H,2-4H2,1H3,(H,13,14). The number of aliphatic carboxylic acids is 1. The van der Waals surface area contributed by atoms with Crippen molar-refractivity contribution in [2.45, 2.75) is 31.6 Å². The van der Waals surface area contributed by atoms with Gasteiger partial charge in [0.1, 0.15) is 11.7 Å². The van der Waals surface area contributed by atoms with Crippen molar-refractivity contribution in [2.24, 2.45) is 11.8 Å². The summed E-state index contributed by atoms with van der Waals surface area (Å²) in [7, 11) is 0. The van der Waals surface area contributed by atoms with E-state index in [4.69, 9.17) is 4.42 Å². The van der Waals surface area contributed by atoms with Crippen LogP contribution < -0.4 is 0 Å². The third-order valence-corrected chi connectivity index (χ3v) is 3.81. The first kappa shape index (κ1) is 8.95. The van der Waals surface area contributed by atoms with Crippen LogP contribution in [-0.2, 0) is 10.2 Å². The molecule has 0 aromatic carbocycles. The lowest BCUT2D eigenvalue weighted by atomic mass is 9.80. The number of aromatic nitrogens is 1. The van der Waals surface area contributed by atoms with Crippen molar-refractivity contribution in [2.75, 3.05) is 0 Å². The molecule has 80 valence electrons. The topological polar surface area (TPSA) is 63.3 Å². The first-order valence-electron chi connectivity index (χ1n) is 5.28. The van der Waals surface area contributed by atoms with Gasteiger partial charge in [0.2, 0.25) is 0 Å². The van der Waals surface area contributed by atoms with Crippen molar-refractivity contribution in [3.05, 3.63) is 17.8 Å². The van der Waals surface area contributed by atoms with Crippen molar-refractivity contribution in [3.8, 4) is 0 Å². The van der Waals surface area contributed by atoms with E-state index in [1.54, 1.807) is 6.92 Å². The maximum atomic E-state index is 11.4. The van der Waals surface area contributed by atoms with Gasteiger partial charge in [-0.1, -0.05) is 0 Å². The minimum atomic E-state index is -0.759. The van der Waals surface area contributed by atoms with Crippen molar-refractivity contribution < 1.29 is 14.3 Å². The Hall–Kier alpha value is -1.32. The Morgan fingerprint density at radius 3 is 2.73 bits per heavy atom. The molecule has 4 heteroatoms. The zero-order valence-electron chi connectivity index (χ0n) is 8.56. The van der Waals surface area contributed by atoms with E-state index < -0.39 is 11.4 Å². The van der Waals surface area contributed by atoms with Crippen LogP contribution in [0, 0.1) is 18.8 Å². The van der Waals surface area contributed by atoms with Crippen LogP contribution in [0.25, 0.3) is 0 Å². The van der Waals surface area contributed by atoms with Gasteiger partial charge in [0.15, 0.2) is 5.89 Å². The van der Waals surface area contributed by atoms with E-state index >= 15 is 0 Å². The summed E-state index contributed by atoms with van der Waals surface area (Å²) in [6, 6.07) is 0. The molecule has 4 nitrogen and oxygen atoms in total. The quantitative estimate of drug-likeness (QED) is 0.802. The Labute approximate surface area is 87.3 Å². The number of aryl methyl sites for hydroxylation is 1. The summed E-state index contributed by atoms with van der Waals surface area (Å²) < 4.78 is 5.13. The van der Waals surface area contributed by atoms with Crippen LogP contribution in [0.4, 0.5) is 0 Å². The SMILES string of the molecule is Cc1nc(C2(C(=O)O)CC3CC3C2)co1. The lowest BCUT2D eigenvalue weighted by Crippen LogP contribution is -2.34. The molecule has 2 unspecified atom stereocenters. The van der Waals surface area contributed by atoms with E-state index in [0.29, 0.717) is 23.4 Å². The Morgan fingerprint density at radius 1 is 1.60 bits per heavy atom. The molecular weight excluding hydrogens is 194 g/mol. The second-order valence-electron chi connectivity index (χ2n) is 4.80. The lowest BCUT2D eigenvalue weighted by Gasteiger charge is -2.22. The molecule has 2 fully saturated rings. The third-order valence-electron chi connectivity index (χ3n) is 3.81. The van der Waals surface area contributed by atoms with Gasteiger partial charge in [0.25, 0.3) is 0 Å². The highest BCUT2D eigenvalue weighted by Crippen LogP contribution is 2.60. The van der Waals surface area contributed by atoms with Gasteiger partial charge in [-0.2, -0.15) is 0 Å². The zero-order valence-corrected chi connectivity index (χ0v) is 8.56. The van der Waals surface area contributed by atoms with Crippen LogP contribution in [0.2, 0.25) is 0 Å². The number of carboxylic acids is 1. The molecule has 3 rings (SSSR count). The molecule has 1 N–H and O–H groups in total. The third kappa shape index (κ3) is 1.14. The number of hydrogen-bond acceptors (Lipinski definition) is 3. The molecule has 2 aliphatic rings. The van der Waals surface area contributed by atoms with Gasteiger partial charge in [0.05, 0.1) is 5.69 Å². The minimum absolute atomic E-state index is 0.547.